The molecule has 0 radical (unpaired) electrons. The first-order valence-corrected chi connectivity index (χ1v) is 6.68. The van der Waals surface area contributed by atoms with E-state index in [1.807, 2.05) is 27.7 Å². The highest BCUT2D eigenvalue weighted by atomic mass is 16.5. The van der Waals surface area contributed by atoms with Crippen LogP contribution >= 0.6 is 0 Å². The molecule has 0 aliphatic rings. The Labute approximate surface area is 115 Å². The van der Waals surface area contributed by atoms with E-state index in [1.54, 1.807) is 18.9 Å². The van der Waals surface area contributed by atoms with Gasteiger partial charge in [0.25, 0.3) is 0 Å². The average molecular weight is 273 g/mol. The molecule has 0 aromatic carbocycles. The van der Waals surface area contributed by atoms with Gasteiger partial charge in [-0.3, -0.25) is 9.59 Å². The quantitative estimate of drug-likeness (QED) is 0.734. The van der Waals surface area contributed by atoms with Crippen molar-refractivity contribution in [2.45, 2.75) is 47.1 Å². The van der Waals surface area contributed by atoms with Crippen LogP contribution < -0.4 is 0 Å². The van der Waals surface area contributed by atoms with Gasteiger partial charge in [0.05, 0.1) is 12.0 Å². The van der Waals surface area contributed by atoms with E-state index in [9.17, 15) is 14.7 Å². The first kappa shape index (κ1) is 17.9. The molecule has 19 heavy (non-hydrogen) atoms. The van der Waals surface area contributed by atoms with Gasteiger partial charge in [0.2, 0.25) is 5.91 Å². The zero-order chi connectivity index (χ0) is 15.2. The largest absolute Gasteiger partial charge is 0.481 e. The summed E-state index contributed by atoms with van der Waals surface area (Å²) in [7, 11) is 1.58. The van der Waals surface area contributed by atoms with Gasteiger partial charge < -0.3 is 14.7 Å². The summed E-state index contributed by atoms with van der Waals surface area (Å²) in [5.41, 5.74) is -1.03. The Morgan fingerprint density at radius 1 is 1.26 bits per heavy atom. The van der Waals surface area contributed by atoms with Crippen LogP contribution in [0, 0.1) is 11.3 Å². The lowest BCUT2D eigenvalue weighted by Gasteiger charge is -2.33. The Hall–Kier alpha value is -1.10. The summed E-state index contributed by atoms with van der Waals surface area (Å²) < 4.78 is 4.99. The number of methoxy groups -OCH3 is 1. The summed E-state index contributed by atoms with van der Waals surface area (Å²) in [4.78, 5) is 25.4. The molecule has 0 rings (SSSR count). The van der Waals surface area contributed by atoms with Gasteiger partial charge in [0, 0.05) is 26.1 Å². The summed E-state index contributed by atoms with van der Waals surface area (Å²) in [5, 5.41) is 9.35. The third-order valence-electron chi connectivity index (χ3n) is 3.76. The molecule has 0 aliphatic carbocycles. The Bertz CT molecular complexity index is 315. The first-order chi connectivity index (χ1) is 8.66. The second-order valence-electron chi connectivity index (χ2n) is 5.73. The molecule has 1 N–H and O–H groups in total. The number of rotatable bonds is 8. The third kappa shape index (κ3) is 4.82. The topological polar surface area (TPSA) is 66.8 Å². The van der Waals surface area contributed by atoms with Crippen molar-refractivity contribution in [3.05, 3.63) is 0 Å². The number of hydrogen-bond acceptors (Lipinski definition) is 3. The van der Waals surface area contributed by atoms with Gasteiger partial charge in [-0.2, -0.15) is 0 Å². The average Bonchev–Trinajstić information content (AvgIpc) is 2.28. The van der Waals surface area contributed by atoms with Crippen LogP contribution in [-0.2, 0) is 14.3 Å². The van der Waals surface area contributed by atoms with Gasteiger partial charge in [-0.15, -0.1) is 0 Å². The molecule has 0 spiro atoms. The molecule has 1 atom stereocenters. The molecule has 0 saturated carbocycles. The fraction of sp³-hybridized carbons (Fsp3) is 0.857. The van der Waals surface area contributed by atoms with Crippen molar-refractivity contribution in [1.82, 2.24) is 4.90 Å². The second kappa shape index (κ2) is 7.48. The van der Waals surface area contributed by atoms with E-state index < -0.39 is 11.4 Å². The van der Waals surface area contributed by atoms with E-state index in [4.69, 9.17) is 4.74 Å². The number of carbonyl (C=O) groups excluding carboxylic acids is 1. The van der Waals surface area contributed by atoms with E-state index in [0.717, 1.165) is 0 Å². The van der Waals surface area contributed by atoms with Gasteiger partial charge >= 0.3 is 5.97 Å². The molecule has 5 heteroatoms. The van der Waals surface area contributed by atoms with E-state index in [-0.39, 0.29) is 24.3 Å². The Balaban J connectivity index is 4.92. The van der Waals surface area contributed by atoms with Gasteiger partial charge in [-0.05, 0) is 26.7 Å². The summed E-state index contributed by atoms with van der Waals surface area (Å²) >= 11 is 0. The highest BCUT2D eigenvalue weighted by Crippen LogP contribution is 2.32. The third-order valence-corrected chi connectivity index (χ3v) is 3.76. The SMILES string of the molecule is COCCN(C(=O)CC(C)(C(=O)O)C(C)C)C(C)C. The normalized spacial score (nSPS) is 14.5. The monoisotopic (exact) mass is 273 g/mol. The summed E-state index contributed by atoms with van der Waals surface area (Å²) in [6.45, 7) is 10.1. The van der Waals surface area contributed by atoms with Gasteiger partial charge in [-0.1, -0.05) is 13.8 Å². The van der Waals surface area contributed by atoms with Crippen LogP contribution in [-0.4, -0.2) is 48.2 Å². The zero-order valence-corrected chi connectivity index (χ0v) is 12.9. The predicted octanol–water partition coefficient (Wildman–Crippen LogP) is 2.01. The number of carboxylic acid groups (broad SMARTS) is 1. The molecule has 1 amide bonds. The number of amides is 1. The lowest BCUT2D eigenvalue weighted by atomic mass is 9.76. The number of carboxylic acids is 1. The van der Waals surface area contributed by atoms with Crippen molar-refractivity contribution < 1.29 is 19.4 Å². The smallest absolute Gasteiger partial charge is 0.310 e. The molecule has 0 fully saturated rings. The molecule has 0 bridgehead atoms. The van der Waals surface area contributed by atoms with Crippen LogP contribution in [0.5, 0.6) is 0 Å². The number of nitrogens with zero attached hydrogens (tertiary/aromatic N) is 1. The standard InChI is InChI=1S/C14H27NO4/c1-10(2)14(5,13(17)18)9-12(16)15(11(3)4)7-8-19-6/h10-11H,7-9H2,1-6H3,(H,17,18). The van der Waals surface area contributed by atoms with Crippen molar-refractivity contribution in [3.63, 3.8) is 0 Å². The van der Waals surface area contributed by atoms with Crippen molar-refractivity contribution in [2.24, 2.45) is 11.3 Å². The van der Waals surface area contributed by atoms with Crippen molar-refractivity contribution in [3.8, 4) is 0 Å². The van der Waals surface area contributed by atoms with E-state index in [2.05, 4.69) is 0 Å². The fourth-order valence-corrected chi connectivity index (χ4v) is 1.80. The maximum absolute atomic E-state index is 12.3. The van der Waals surface area contributed by atoms with Crippen molar-refractivity contribution in [1.29, 1.82) is 0 Å². The maximum Gasteiger partial charge on any atom is 0.310 e. The Morgan fingerprint density at radius 2 is 1.79 bits per heavy atom. The van der Waals surface area contributed by atoms with Crippen LogP contribution in [0.25, 0.3) is 0 Å². The Kier molecular flexibility index (Phi) is 7.05. The summed E-state index contributed by atoms with van der Waals surface area (Å²) in [6.07, 6.45) is 0.0158. The first-order valence-electron chi connectivity index (χ1n) is 6.68. The molecule has 0 heterocycles. The van der Waals surface area contributed by atoms with Gasteiger partial charge in [-0.25, -0.2) is 0 Å². The van der Waals surface area contributed by atoms with E-state index in [1.165, 1.54) is 0 Å². The minimum absolute atomic E-state index is 0.0158. The number of aliphatic carboxylic acids is 1. The Morgan fingerprint density at radius 3 is 2.11 bits per heavy atom. The van der Waals surface area contributed by atoms with Crippen LogP contribution in [0.2, 0.25) is 0 Å². The minimum atomic E-state index is -1.03. The maximum atomic E-state index is 12.3. The summed E-state index contributed by atoms with van der Waals surface area (Å²) in [6, 6.07) is 0.0351. The lowest BCUT2D eigenvalue weighted by molar-refractivity contribution is -0.156. The predicted molar refractivity (Wildman–Crippen MR) is 73.9 cm³/mol. The molecule has 1 unspecified atom stereocenters. The molecule has 0 aliphatic heterocycles. The van der Waals surface area contributed by atoms with Crippen LogP contribution in [0.3, 0.4) is 0 Å². The fourth-order valence-electron chi connectivity index (χ4n) is 1.80. The zero-order valence-electron chi connectivity index (χ0n) is 12.9. The highest BCUT2D eigenvalue weighted by Gasteiger charge is 2.40. The second-order valence-corrected chi connectivity index (χ2v) is 5.73. The molecule has 5 nitrogen and oxygen atoms in total. The van der Waals surface area contributed by atoms with Crippen molar-refractivity contribution in [2.75, 3.05) is 20.3 Å². The minimum Gasteiger partial charge on any atom is -0.481 e. The number of carbonyl (C=O) groups is 2. The molecule has 0 aromatic rings. The molecular formula is C14H27NO4. The van der Waals surface area contributed by atoms with Gasteiger partial charge in [0.15, 0.2) is 0 Å². The molecule has 0 aromatic heterocycles. The van der Waals surface area contributed by atoms with Crippen LogP contribution in [0.4, 0.5) is 0 Å². The number of ether oxygens (including phenoxy) is 1. The van der Waals surface area contributed by atoms with Gasteiger partial charge in [0.1, 0.15) is 0 Å². The van der Waals surface area contributed by atoms with E-state index >= 15 is 0 Å². The molecular weight excluding hydrogens is 246 g/mol. The van der Waals surface area contributed by atoms with Crippen LogP contribution in [0.15, 0.2) is 0 Å². The lowest BCUT2D eigenvalue weighted by Crippen LogP contribution is -2.44. The van der Waals surface area contributed by atoms with Crippen LogP contribution in [0.1, 0.15) is 41.0 Å². The number of hydrogen-bond donors (Lipinski definition) is 1. The molecule has 0 saturated heterocycles. The highest BCUT2D eigenvalue weighted by molar-refractivity contribution is 5.85. The summed E-state index contributed by atoms with van der Waals surface area (Å²) in [5.74, 6) is -1.16. The van der Waals surface area contributed by atoms with Crippen molar-refractivity contribution >= 4 is 11.9 Å². The van der Waals surface area contributed by atoms with E-state index in [0.29, 0.717) is 13.2 Å². The molecule has 112 valence electrons.